The van der Waals surface area contributed by atoms with Crippen LogP contribution in [-0.2, 0) is 10.2 Å². The van der Waals surface area contributed by atoms with Crippen LogP contribution in [-0.4, -0.2) is 10.9 Å². The number of ketones is 1. The van der Waals surface area contributed by atoms with Gasteiger partial charge in [-0.25, -0.2) is 0 Å². The Morgan fingerprint density at radius 2 is 1.59 bits per heavy atom. The fraction of sp³-hybridized carbons (Fsp3) is 0.296. The van der Waals surface area contributed by atoms with Crippen LogP contribution in [0.15, 0.2) is 59.7 Å². The molecule has 0 aliphatic heterocycles. The first kappa shape index (κ1) is 19.4. The molecular formula is C27H28O2. The second kappa shape index (κ2) is 6.88. The van der Waals surface area contributed by atoms with Crippen molar-refractivity contribution < 1.29 is 9.90 Å². The molecular weight excluding hydrogens is 356 g/mol. The standard InChI is InChI=1S/C27H28O2/c1-6-27(7-2)23-14-19(28)8-10-21(23)26(22-11-9-20(29)15-24(22)27)25-17(4)12-16(3)13-18(25)5/h8-15,28H,6-7H2,1-5H3. The molecule has 0 aromatic heterocycles. The van der Waals surface area contributed by atoms with Gasteiger partial charge in [-0.05, 0) is 102 Å². The van der Waals surface area contributed by atoms with Crippen LogP contribution in [0.3, 0.4) is 0 Å². The molecule has 2 aromatic carbocycles. The van der Waals surface area contributed by atoms with E-state index in [0.717, 1.165) is 35.1 Å². The van der Waals surface area contributed by atoms with E-state index in [1.54, 1.807) is 12.1 Å². The van der Waals surface area contributed by atoms with E-state index in [9.17, 15) is 9.90 Å². The van der Waals surface area contributed by atoms with Crippen molar-refractivity contribution in [1.82, 2.24) is 0 Å². The zero-order valence-electron chi connectivity index (χ0n) is 17.9. The number of allylic oxidation sites excluding steroid dienone is 5. The fourth-order valence-electron chi connectivity index (χ4n) is 5.43. The number of aromatic hydroxyl groups is 1. The lowest BCUT2D eigenvalue weighted by Gasteiger charge is -2.43. The van der Waals surface area contributed by atoms with Gasteiger partial charge in [0.25, 0.3) is 0 Å². The molecule has 0 atom stereocenters. The summed E-state index contributed by atoms with van der Waals surface area (Å²) in [5.41, 5.74) is 10.3. The van der Waals surface area contributed by atoms with Gasteiger partial charge < -0.3 is 5.11 Å². The summed E-state index contributed by atoms with van der Waals surface area (Å²) in [6.07, 6.45) is 7.24. The Labute approximate surface area is 173 Å². The molecule has 2 aromatic rings. The zero-order chi connectivity index (χ0) is 20.9. The molecule has 0 bridgehead atoms. The van der Waals surface area contributed by atoms with Gasteiger partial charge in [-0.1, -0.05) is 43.7 Å². The Morgan fingerprint density at radius 3 is 2.21 bits per heavy atom. The van der Waals surface area contributed by atoms with Gasteiger partial charge in [-0.15, -0.1) is 0 Å². The summed E-state index contributed by atoms with van der Waals surface area (Å²) in [6, 6.07) is 10.2. The Morgan fingerprint density at radius 1 is 0.931 bits per heavy atom. The van der Waals surface area contributed by atoms with Crippen LogP contribution in [0.5, 0.6) is 5.75 Å². The number of fused-ring (bicyclic) bond motifs is 2. The highest BCUT2D eigenvalue weighted by molar-refractivity contribution is 6.06. The third-order valence-electron chi connectivity index (χ3n) is 6.70. The normalized spacial score (nSPS) is 17.1. The van der Waals surface area contributed by atoms with Crippen molar-refractivity contribution in [2.75, 3.05) is 0 Å². The maximum absolute atomic E-state index is 12.4. The van der Waals surface area contributed by atoms with E-state index >= 15 is 0 Å². The summed E-state index contributed by atoms with van der Waals surface area (Å²) >= 11 is 0. The zero-order valence-corrected chi connectivity index (χ0v) is 17.9. The third kappa shape index (κ3) is 2.81. The van der Waals surface area contributed by atoms with Crippen LogP contribution in [0, 0.1) is 20.8 Å². The number of carbonyl (C=O) groups is 1. The molecule has 148 valence electrons. The van der Waals surface area contributed by atoms with E-state index in [-0.39, 0.29) is 16.9 Å². The summed E-state index contributed by atoms with van der Waals surface area (Å²) in [5.74, 6) is 0.309. The summed E-state index contributed by atoms with van der Waals surface area (Å²) in [6.45, 7) is 10.8. The largest absolute Gasteiger partial charge is 0.508 e. The molecule has 2 aliphatic rings. The molecule has 0 radical (unpaired) electrons. The first-order valence-corrected chi connectivity index (χ1v) is 10.4. The summed E-state index contributed by atoms with van der Waals surface area (Å²) in [5, 5.41) is 10.3. The monoisotopic (exact) mass is 384 g/mol. The highest BCUT2D eigenvalue weighted by Crippen LogP contribution is 2.54. The van der Waals surface area contributed by atoms with Gasteiger partial charge in [0.2, 0.25) is 0 Å². The van der Waals surface area contributed by atoms with Crippen molar-refractivity contribution in [1.29, 1.82) is 0 Å². The Hall–Kier alpha value is -2.87. The van der Waals surface area contributed by atoms with Gasteiger partial charge in [0.15, 0.2) is 5.78 Å². The van der Waals surface area contributed by atoms with Gasteiger partial charge in [0, 0.05) is 5.41 Å². The molecule has 29 heavy (non-hydrogen) atoms. The minimum atomic E-state index is -0.278. The molecule has 0 spiro atoms. The van der Waals surface area contributed by atoms with Gasteiger partial charge in [0.1, 0.15) is 5.75 Å². The molecule has 0 unspecified atom stereocenters. The number of hydrogen-bond acceptors (Lipinski definition) is 2. The molecule has 0 fully saturated rings. The maximum atomic E-state index is 12.4. The van der Waals surface area contributed by atoms with Crippen molar-refractivity contribution in [3.63, 3.8) is 0 Å². The van der Waals surface area contributed by atoms with Crippen LogP contribution in [0.2, 0.25) is 0 Å². The Kier molecular flexibility index (Phi) is 4.61. The number of phenols is 1. The highest BCUT2D eigenvalue weighted by Gasteiger charge is 2.42. The first-order chi connectivity index (χ1) is 13.8. The number of phenolic OH excluding ortho intramolecular Hbond substituents is 1. The van der Waals surface area contributed by atoms with Crippen LogP contribution in [0.25, 0.3) is 5.57 Å². The molecule has 2 aliphatic carbocycles. The molecule has 2 heteroatoms. The minimum Gasteiger partial charge on any atom is -0.508 e. The molecule has 1 N–H and O–H groups in total. The smallest absolute Gasteiger partial charge is 0.178 e. The van der Waals surface area contributed by atoms with Gasteiger partial charge in [-0.3, -0.25) is 4.79 Å². The first-order valence-electron chi connectivity index (χ1n) is 10.4. The van der Waals surface area contributed by atoms with Crippen LogP contribution >= 0.6 is 0 Å². The van der Waals surface area contributed by atoms with Crippen molar-refractivity contribution in [2.24, 2.45) is 0 Å². The number of benzene rings is 2. The lowest BCUT2D eigenvalue weighted by Crippen LogP contribution is -2.34. The SMILES string of the molecule is CCC1(CC)C2=CC(=O)C=CC2=C(c2c(C)cc(C)cc2C)c2ccc(O)cc21. The molecule has 4 rings (SSSR count). The number of hydrogen-bond donors (Lipinski definition) is 1. The van der Waals surface area contributed by atoms with Crippen LogP contribution < -0.4 is 0 Å². The van der Waals surface area contributed by atoms with E-state index in [0.29, 0.717) is 0 Å². The van der Waals surface area contributed by atoms with Crippen molar-refractivity contribution in [3.8, 4) is 5.75 Å². The quantitative estimate of drug-likeness (QED) is 0.678. The van der Waals surface area contributed by atoms with E-state index < -0.39 is 0 Å². The average Bonchev–Trinajstić information content (AvgIpc) is 2.67. The van der Waals surface area contributed by atoms with E-state index in [2.05, 4.69) is 46.8 Å². The lowest BCUT2D eigenvalue weighted by molar-refractivity contribution is -0.110. The van der Waals surface area contributed by atoms with Gasteiger partial charge in [-0.2, -0.15) is 0 Å². The van der Waals surface area contributed by atoms with Crippen LogP contribution in [0.1, 0.15) is 60.1 Å². The second-order valence-electron chi connectivity index (χ2n) is 8.38. The van der Waals surface area contributed by atoms with Crippen LogP contribution in [0.4, 0.5) is 0 Å². The number of rotatable bonds is 3. The number of aryl methyl sites for hydroxylation is 3. The molecule has 0 heterocycles. The van der Waals surface area contributed by atoms with Gasteiger partial charge in [0.05, 0.1) is 0 Å². The van der Waals surface area contributed by atoms with Crippen molar-refractivity contribution in [3.05, 3.63) is 93.1 Å². The fourth-order valence-corrected chi connectivity index (χ4v) is 5.43. The van der Waals surface area contributed by atoms with Gasteiger partial charge >= 0.3 is 0 Å². The predicted molar refractivity (Wildman–Crippen MR) is 119 cm³/mol. The summed E-state index contributed by atoms with van der Waals surface area (Å²) < 4.78 is 0. The maximum Gasteiger partial charge on any atom is 0.178 e. The van der Waals surface area contributed by atoms with E-state index in [1.807, 2.05) is 24.3 Å². The molecule has 0 amide bonds. The minimum absolute atomic E-state index is 0.0373. The average molecular weight is 385 g/mol. The van der Waals surface area contributed by atoms with Crippen molar-refractivity contribution in [2.45, 2.75) is 52.9 Å². The van der Waals surface area contributed by atoms with E-state index in [4.69, 9.17) is 0 Å². The second-order valence-corrected chi connectivity index (χ2v) is 8.38. The Bertz CT molecular complexity index is 1100. The van der Waals surface area contributed by atoms with E-state index in [1.165, 1.54) is 27.8 Å². The predicted octanol–water partition coefficient (Wildman–Crippen LogP) is 6.26. The topological polar surface area (TPSA) is 37.3 Å². The Balaban J connectivity index is 2.18. The summed E-state index contributed by atoms with van der Waals surface area (Å²) in [4.78, 5) is 12.4. The highest BCUT2D eigenvalue weighted by atomic mass is 16.3. The number of carbonyl (C=O) groups excluding carboxylic acids is 1. The molecule has 2 nitrogen and oxygen atoms in total. The molecule has 0 saturated heterocycles. The third-order valence-corrected chi connectivity index (χ3v) is 6.70. The lowest BCUT2D eigenvalue weighted by atomic mass is 9.59. The molecule has 0 saturated carbocycles. The van der Waals surface area contributed by atoms with Crippen molar-refractivity contribution >= 4 is 11.4 Å². The summed E-state index contributed by atoms with van der Waals surface area (Å²) in [7, 11) is 0.